The van der Waals surface area contributed by atoms with E-state index in [1.165, 1.54) is 0 Å². The molecule has 0 amide bonds. The first-order valence-corrected chi connectivity index (χ1v) is 7.12. The van der Waals surface area contributed by atoms with Crippen molar-refractivity contribution >= 4 is 0 Å². The van der Waals surface area contributed by atoms with Gasteiger partial charge in [-0.1, -0.05) is 24.2 Å². The van der Waals surface area contributed by atoms with E-state index in [1.54, 1.807) is 12.1 Å². The highest BCUT2D eigenvalue weighted by Crippen LogP contribution is 2.21. The van der Waals surface area contributed by atoms with E-state index in [0.717, 1.165) is 12.0 Å². The summed E-state index contributed by atoms with van der Waals surface area (Å²) in [7, 11) is 0. The topological polar surface area (TPSA) is 94.4 Å². The number of rotatable bonds is 7. The lowest BCUT2D eigenvalue weighted by atomic mass is 10.1. The minimum absolute atomic E-state index is 0.159. The largest absolute Gasteiger partial charge is 0.508 e. The highest BCUT2D eigenvalue weighted by molar-refractivity contribution is 5.26. The Morgan fingerprint density at radius 2 is 2.00 bits per heavy atom. The summed E-state index contributed by atoms with van der Waals surface area (Å²) < 4.78 is 10.8. The summed E-state index contributed by atoms with van der Waals surface area (Å²) in [6.07, 6.45) is 1.18. The number of hydrogen-bond acceptors (Lipinski definition) is 6. The second-order valence-electron chi connectivity index (χ2n) is 4.82. The van der Waals surface area contributed by atoms with Crippen molar-refractivity contribution in [2.45, 2.75) is 38.8 Å². The van der Waals surface area contributed by atoms with Crippen molar-refractivity contribution in [1.82, 2.24) is 10.1 Å². The van der Waals surface area contributed by atoms with Crippen LogP contribution in [0.15, 0.2) is 28.8 Å². The number of phenolic OH excluding ortho intramolecular Hbond substituents is 1. The molecule has 0 saturated heterocycles. The van der Waals surface area contributed by atoms with Gasteiger partial charge in [0.2, 0.25) is 11.7 Å². The van der Waals surface area contributed by atoms with E-state index < -0.39 is 0 Å². The maximum atomic E-state index is 9.26. The van der Waals surface area contributed by atoms with Crippen LogP contribution >= 0.6 is 0 Å². The van der Waals surface area contributed by atoms with Gasteiger partial charge in [0.15, 0.2) is 0 Å². The summed E-state index contributed by atoms with van der Waals surface area (Å²) in [5.41, 5.74) is 7.09. The average Bonchev–Trinajstić information content (AvgIpc) is 2.97. The van der Waals surface area contributed by atoms with Crippen LogP contribution in [0.25, 0.3) is 0 Å². The minimum Gasteiger partial charge on any atom is -0.508 e. The molecule has 21 heavy (non-hydrogen) atoms. The molecule has 2 rings (SSSR count). The number of aromatic hydroxyl groups is 1. The Balaban J connectivity index is 2.04. The fourth-order valence-corrected chi connectivity index (χ4v) is 2.08. The second-order valence-corrected chi connectivity index (χ2v) is 4.82. The van der Waals surface area contributed by atoms with Crippen LogP contribution in [0.4, 0.5) is 0 Å². The SMILES string of the molecule is CCOC(CC)c1noc([C@H](N)Cc2ccc(O)cc2)n1. The van der Waals surface area contributed by atoms with Crippen LogP contribution in [0.5, 0.6) is 5.75 Å². The number of benzene rings is 1. The molecule has 1 aromatic heterocycles. The van der Waals surface area contributed by atoms with Gasteiger partial charge in [0, 0.05) is 6.61 Å². The van der Waals surface area contributed by atoms with Crippen LogP contribution in [0, 0.1) is 0 Å². The zero-order valence-corrected chi connectivity index (χ0v) is 12.3. The molecule has 1 heterocycles. The van der Waals surface area contributed by atoms with Crippen molar-refractivity contribution in [3.05, 3.63) is 41.5 Å². The Morgan fingerprint density at radius 3 is 2.62 bits per heavy atom. The molecule has 2 atom stereocenters. The average molecular weight is 291 g/mol. The Bertz CT molecular complexity index is 554. The summed E-state index contributed by atoms with van der Waals surface area (Å²) >= 11 is 0. The third-order valence-electron chi connectivity index (χ3n) is 3.19. The molecule has 0 aliphatic carbocycles. The normalized spacial score (nSPS) is 14.0. The highest BCUT2D eigenvalue weighted by atomic mass is 16.5. The van der Waals surface area contributed by atoms with Crippen LogP contribution in [0.2, 0.25) is 0 Å². The van der Waals surface area contributed by atoms with E-state index in [-0.39, 0.29) is 17.9 Å². The van der Waals surface area contributed by atoms with Gasteiger partial charge in [-0.15, -0.1) is 0 Å². The number of nitrogens with two attached hydrogens (primary N) is 1. The second kappa shape index (κ2) is 7.19. The fourth-order valence-electron chi connectivity index (χ4n) is 2.08. The predicted molar refractivity (Wildman–Crippen MR) is 77.7 cm³/mol. The molecular weight excluding hydrogens is 270 g/mol. The number of hydrogen-bond donors (Lipinski definition) is 2. The molecule has 1 unspecified atom stereocenters. The van der Waals surface area contributed by atoms with Crippen molar-refractivity contribution in [3.63, 3.8) is 0 Å². The van der Waals surface area contributed by atoms with Crippen molar-refractivity contribution in [3.8, 4) is 5.75 Å². The van der Waals surface area contributed by atoms with Gasteiger partial charge in [-0.3, -0.25) is 0 Å². The minimum atomic E-state index is -0.380. The summed E-state index contributed by atoms with van der Waals surface area (Å²) in [6.45, 7) is 4.54. The lowest BCUT2D eigenvalue weighted by Gasteiger charge is -2.09. The van der Waals surface area contributed by atoms with E-state index in [0.29, 0.717) is 24.7 Å². The van der Waals surface area contributed by atoms with Crippen LogP contribution in [0.3, 0.4) is 0 Å². The zero-order valence-electron chi connectivity index (χ0n) is 12.3. The van der Waals surface area contributed by atoms with Gasteiger partial charge in [-0.2, -0.15) is 4.98 Å². The molecule has 0 saturated carbocycles. The maximum absolute atomic E-state index is 9.26. The number of aromatic nitrogens is 2. The van der Waals surface area contributed by atoms with E-state index in [2.05, 4.69) is 10.1 Å². The highest BCUT2D eigenvalue weighted by Gasteiger charge is 2.20. The van der Waals surface area contributed by atoms with Gasteiger partial charge in [-0.05, 0) is 37.5 Å². The quantitative estimate of drug-likeness (QED) is 0.814. The first-order valence-electron chi connectivity index (χ1n) is 7.12. The molecule has 1 aromatic carbocycles. The van der Waals surface area contributed by atoms with Crippen LogP contribution in [-0.4, -0.2) is 21.9 Å². The van der Waals surface area contributed by atoms with Crippen molar-refractivity contribution in [1.29, 1.82) is 0 Å². The number of ether oxygens (including phenoxy) is 1. The summed E-state index contributed by atoms with van der Waals surface area (Å²) in [6, 6.07) is 6.52. The van der Waals surface area contributed by atoms with Gasteiger partial charge in [0.1, 0.15) is 11.9 Å². The fraction of sp³-hybridized carbons (Fsp3) is 0.467. The van der Waals surface area contributed by atoms with Gasteiger partial charge >= 0.3 is 0 Å². The number of phenols is 1. The van der Waals surface area contributed by atoms with Crippen molar-refractivity contribution in [2.75, 3.05) is 6.61 Å². The molecule has 0 bridgehead atoms. The molecular formula is C15H21N3O3. The van der Waals surface area contributed by atoms with Crippen molar-refractivity contribution < 1.29 is 14.4 Å². The monoisotopic (exact) mass is 291 g/mol. The zero-order chi connectivity index (χ0) is 15.2. The van der Waals surface area contributed by atoms with Gasteiger partial charge < -0.3 is 20.1 Å². The lowest BCUT2D eigenvalue weighted by molar-refractivity contribution is 0.0518. The molecule has 0 aliphatic heterocycles. The summed E-state index contributed by atoms with van der Waals surface area (Å²) in [5, 5.41) is 13.2. The molecule has 6 heteroatoms. The van der Waals surface area contributed by atoms with E-state index in [1.807, 2.05) is 26.0 Å². The third-order valence-corrected chi connectivity index (χ3v) is 3.19. The molecule has 114 valence electrons. The van der Waals surface area contributed by atoms with E-state index in [9.17, 15) is 5.11 Å². The predicted octanol–water partition coefficient (Wildman–Crippen LogP) is 2.51. The Labute approximate surface area is 123 Å². The van der Waals surface area contributed by atoms with Crippen molar-refractivity contribution in [2.24, 2.45) is 5.73 Å². The molecule has 0 radical (unpaired) electrons. The molecule has 3 N–H and O–H groups in total. The molecule has 0 spiro atoms. The lowest BCUT2D eigenvalue weighted by Crippen LogP contribution is -2.14. The van der Waals surface area contributed by atoms with Gasteiger partial charge in [0.25, 0.3) is 0 Å². The molecule has 0 fully saturated rings. The molecule has 0 aliphatic rings. The molecule has 6 nitrogen and oxygen atoms in total. The van der Waals surface area contributed by atoms with E-state index in [4.69, 9.17) is 15.0 Å². The van der Waals surface area contributed by atoms with Gasteiger partial charge in [-0.25, -0.2) is 0 Å². The summed E-state index contributed by atoms with van der Waals surface area (Å²) in [4.78, 5) is 4.34. The Morgan fingerprint density at radius 1 is 1.29 bits per heavy atom. The maximum Gasteiger partial charge on any atom is 0.243 e. The molecule has 2 aromatic rings. The smallest absolute Gasteiger partial charge is 0.243 e. The Hall–Kier alpha value is -1.92. The first-order chi connectivity index (χ1) is 10.1. The van der Waals surface area contributed by atoms with Gasteiger partial charge in [0.05, 0.1) is 6.04 Å². The van der Waals surface area contributed by atoms with Crippen LogP contribution in [0.1, 0.15) is 49.7 Å². The van der Waals surface area contributed by atoms with Crippen LogP contribution in [-0.2, 0) is 11.2 Å². The first kappa shape index (κ1) is 15.5. The standard InChI is InChI=1S/C15H21N3O3/c1-3-13(20-4-2)14-17-15(21-18-14)12(16)9-10-5-7-11(19)8-6-10/h5-8,12-13,19H,3-4,9,16H2,1-2H3/t12-,13?/m1/s1. The summed E-state index contributed by atoms with van der Waals surface area (Å²) in [5.74, 6) is 1.17. The van der Waals surface area contributed by atoms with E-state index >= 15 is 0 Å². The Kier molecular flexibility index (Phi) is 5.30. The third kappa shape index (κ3) is 4.03. The number of nitrogens with zero attached hydrogens (tertiary/aromatic N) is 2. The van der Waals surface area contributed by atoms with Crippen LogP contribution < -0.4 is 5.73 Å².